The smallest absolute Gasteiger partial charge is 0.0830 e. The van der Waals surface area contributed by atoms with Gasteiger partial charge in [0.15, 0.2) is 0 Å². The summed E-state index contributed by atoms with van der Waals surface area (Å²) >= 11 is 3.54. The van der Waals surface area contributed by atoms with Crippen molar-refractivity contribution in [2.24, 2.45) is 0 Å². The standard InChI is InChI=1S/C11H12BrO/c12-10-4-2-1-3-9(10)11(5-6-11)7-8-13/h1-4H,5-8H2. The minimum Gasteiger partial charge on any atom is -0.237 e. The topological polar surface area (TPSA) is 19.9 Å². The van der Waals surface area contributed by atoms with Crippen molar-refractivity contribution in [1.82, 2.24) is 0 Å². The van der Waals surface area contributed by atoms with Crippen molar-refractivity contribution in [2.45, 2.75) is 24.7 Å². The monoisotopic (exact) mass is 239 g/mol. The van der Waals surface area contributed by atoms with Crippen molar-refractivity contribution in [2.75, 3.05) is 6.61 Å². The Bertz CT molecular complexity index is 305. The van der Waals surface area contributed by atoms with Gasteiger partial charge in [-0.2, -0.15) is 0 Å². The van der Waals surface area contributed by atoms with Crippen LogP contribution in [0.2, 0.25) is 0 Å². The molecule has 0 heterocycles. The van der Waals surface area contributed by atoms with Gasteiger partial charge in [0, 0.05) is 4.47 Å². The Hall–Kier alpha value is -0.340. The summed E-state index contributed by atoms with van der Waals surface area (Å²) in [6.45, 7) is 0.0430. The maximum absolute atomic E-state index is 10.7. The van der Waals surface area contributed by atoms with Gasteiger partial charge in [-0.3, -0.25) is 0 Å². The molecule has 69 valence electrons. The van der Waals surface area contributed by atoms with Gasteiger partial charge in [-0.25, -0.2) is 5.11 Å². The molecule has 0 unspecified atom stereocenters. The van der Waals surface area contributed by atoms with Gasteiger partial charge in [0.2, 0.25) is 0 Å². The van der Waals surface area contributed by atoms with Crippen molar-refractivity contribution >= 4 is 15.9 Å². The second-order valence-corrected chi connectivity index (χ2v) is 4.57. The van der Waals surface area contributed by atoms with Crippen LogP contribution >= 0.6 is 15.9 Å². The molecule has 2 heteroatoms. The Labute approximate surface area is 86.9 Å². The Balaban J connectivity index is 2.30. The summed E-state index contributed by atoms with van der Waals surface area (Å²) in [6.07, 6.45) is 3.14. The van der Waals surface area contributed by atoms with Crippen LogP contribution in [0.25, 0.3) is 0 Å². The number of hydrogen-bond donors (Lipinski definition) is 0. The molecular weight excluding hydrogens is 228 g/mol. The average Bonchev–Trinajstić information content (AvgIpc) is 2.87. The molecule has 1 aromatic rings. The average molecular weight is 240 g/mol. The SMILES string of the molecule is [O]CCC1(c2ccccc2Br)CC1. The molecule has 0 N–H and O–H groups in total. The van der Waals surface area contributed by atoms with Crippen LogP contribution in [0.5, 0.6) is 0 Å². The van der Waals surface area contributed by atoms with Crippen molar-refractivity contribution in [3.63, 3.8) is 0 Å². The van der Waals surface area contributed by atoms with Crippen LogP contribution < -0.4 is 0 Å². The lowest BCUT2D eigenvalue weighted by Crippen LogP contribution is -2.08. The molecule has 0 amide bonds. The highest BCUT2D eigenvalue weighted by atomic mass is 79.9. The van der Waals surface area contributed by atoms with Gasteiger partial charge in [0.25, 0.3) is 0 Å². The molecular formula is C11H12BrO. The van der Waals surface area contributed by atoms with Gasteiger partial charge >= 0.3 is 0 Å². The largest absolute Gasteiger partial charge is 0.237 e. The van der Waals surface area contributed by atoms with E-state index in [9.17, 15) is 5.11 Å². The molecule has 0 atom stereocenters. The summed E-state index contributed by atoms with van der Waals surface area (Å²) in [4.78, 5) is 0. The molecule has 0 saturated heterocycles. The van der Waals surface area contributed by atoms with Gasteiger partial charge in [0.1, 0.15) is 0 Å². The van der Waals surface area contributed by atoms with Crippen LogP contribution in [0.4, 0.5) is 0 Å². The van der Waals surface area contributed by atoms with Crippen molar-refractivity contribution in [1.29, 1.82) is 0 Å². The quantitative estimate of drug-likeness (QED) is 0.772. The predicted octanol–water partition coefficient (Wildman–Crippen LogP) is 3.30. The van der Waals surface area contributed by atoms with E-state index < -0.39 is 0 Å². The zero-order chi connectivity index (χ0) is 9.31. The fourth-order valence-electron chi connectivity index (χ4n) is 1.89. The lowest BCUT2D eigenvalue weighted by atomic mass is 9.93. The van der Waals surface area contributed by atoms with Gasteiger partial charge in [-0.05, 0) is 36.3 Å². The fraction of sp³-hybridized carbons (Fsp3) is 0.455. The molecule has 1 radical (unpaired) electrons. The van der Waals surface area contributed by atoms with E-state index in [1.54, 1.807) is 0 Å². The summed E-state index contributed by atoms with van der Waals surface area (Å²) in [5.41, 5.74) is 1.55. The number of benzene rings is 1. The first kappa shape index (κ1) is 9.22. The second kappa shape index (κ2) is 3.43. The Morgan fingerprint density at radius 1 is 1.31 bits per heavy atom. The minimum atomic E-state index is 0.0430. The van der Waals surface area contributed by atoms with E-state index in [1.807, 2.05) is 12.1 Å². The van der Waals surface area contributed by atoms with Crippen LogP contribution in [0.1, 0.15) is 24.8 Å². The van der Waals surface area contributed by atoms with Crippen molar-refractivity contribution in [3.05, 3.63) is 34.3 Å². The molecule has 1 aliphatic rings. The highest BCUT2D eigenvalue weighted by Gasteiger charge is 2.44. The van der Waals surface area contributed by atoms with Gasteiger partial charge in [-0.15, -0.1) is 0 Å². The van der Waals surface area contributed by atoms with E-state index in [1.165, 1.54) is 18.4 Å². The molecule has 0 aromatic heterocycles. The first-order valence-electron chi connectivity index (χ1n) is 4.62. The third-order valence-corrected chi connectivity index (χ3v) is 3.57. The molecule has 13 heavy (non-hydrogen) atoms. The van der Waals surface area contributed by atoms with Crippen LogP contribution in [0.3, 0.4) is 0 Å². The number of rotatable bonds is 3. The predicted molar refractivity (Wildman–Crippen MR) is 55.2 cm³/mol. The second-order valence-electron chi connectivity index (χ2n) is 3.71. The summed E-state index contributed by atoms with van der Waals surface area (Å²) in [7, 11) is 0. The normalized spacial score (nSPS) is 18.6. The highest BCUT2D eigenvalue weighted by Crippen LogP contribution is 2.52. The lowest BCUT2D eigenvalue weighted by molar-refractivity contribution is 0.178. The zero-order valence-corrected chi connectivity index (χ0v) is 9.01. The van der Waals surface area contributed by atoms with E-state index >= 15 is 0 Å². The molecule has 1 aliphatic carbocycles. The maximum atomic E-state index is 10.7. The highest BCUT2D eigenvalue weighted by molar-refractivity contribution is 9.10. The Morgan fingerprint density at radius 2 is 2.00 bits per heavy atom. The molecule has 1 saturated carbocycles. The summed E-state index contributed by atoms with van der Waals surface area (Å²) in [5, 5.41) is 10.7. The summed E-state index contributed by atoms with van der Waals surface area (Å²) in [6, 6.07) is 8.25. The molecule has 1 fully saturated rings. The molecule has 1 aromatic carbocycles. The van der Waals surface area contributed by atoms with Crippen molar-refractivity contribution < 1.29 is 5.11 Å². The van der Waals surface area contributed by atoms with E-state index in [0.717, 1.165) is 10.9 Å². The molecule has 1 nitrogen and oxygen atoms in total. The first-order chi connectivity index (χ1) is 6.28. The Kier molecular flexibility index (Phi) is 2.43. The van der Waals surface area contributed by atoms with Crippen LogP contribution in [-0.2, 0) is 10.5 Å². The molecule has 2 rings (SSSR count). The lowest BCUT2D eigenvalue weighted by Gasteiger charge is -2.15. The van der Waals surface area contributed by atoms with E-state index in [0.29, 0.717) is 0 Å². The molecule has 0 spiro atoms. The van der Waals surface area contributed by atoms with E-state index in [4.69, 9.17) is 0 Å². The van der Waals surface area contributed by atoms with E-state index in [-0.39, 0.29) is 12.0 Å². The van der Waals surface area contributed by atoms with Crippen molar-refractivity contribution in [3.8, 4) is 0 Å². The maximum Gasteiger partial charge on any atom is 0.0830 e. The zero-order valence-electron chi connectivity index (χ0n) is 7.42. The van der Waals surface area contributed by atoms with Crippen LogP contribution in [0.15, 0.2) is 28.7 Å². The van der Waals surface area contributed by atoms with Crippen LogP contribution in [0, 0.1) is 0 Å². The van der Waals surface area contributed by atoms with E-state index in [2.05, 4.69) is 28.1 Å². The Morgan fingerprint density at radius 3 is 2.54 bits per heavy atom. The third kappa shape index (κ3) is 1.65. The van der Waals surface area contributed by atoms with Gasteiger partial charge < -0.3 is 0 Å². The third-order valence-electron chi connectivity index (χ3n) is 2.88. The summed E-state index contributed by atoms with van der Waals surface area (Å²) in [5.74, 6) is 0. The number of hydrogen-bond acceptors (Lipinski definition) is 0. The number of halogens is 1. The first-order valence-corrected chi connectivity index (χ1v) is 5.41. The fourth-order valence-corrected chi connectivity index (χ4v) is 2.60. The van der Waals surface area contributed by atoms with Gasteiger partial charge in [0.05, 0.1) is 6.61 Å². The molecule has 0 aliphatic heterocycles. The van der Waals surface area contributed by atoms with Crippen LogP contribution in [-0.4, -0.2) is 6.61 Å². The minimum absolute atomic E-state index is 0.0430. The van der Waals surface area contributed by atoms with Gasteiger partial charge in [-0.1, -0.05) is 34.1 Å². The summed E-state index contributed by atoms with van der Waals surface area (Å²) < 4.78 is 1.15. The molecule has 0 bridgehead atoms.